The first-order chi connectivity index (χ1) is 8.81. The summed E-state index contributed by atoms with van der Waals surface area (Å²) in [7, 11) is 1.88. The first-order valence-electron chi connectivity index (χ1n) is 6.10. The molecule has 2 N–H and O–H groups in total. The number of para-hydroxylation sites is 1. The van der Waals surface area contributed by atoms with Gasteiger partial charge < -0.3 is 20.1 Å². The second kappa shape index (κ2) is 6.26. The van der Waals surface area contributed by atoms with E-state index in [1.165, 1.54) is 0 Å². The number of carbonyl (C=O) groups excluding carboxylic acids is 1. The lowest BCUT2D eigenvalue weighted by atomic mass is 10.2. The largest absolute Gasteiger partial charge is 0.454 e. The van der Waals surface area contributed by atoms with Gasteiger partial charge in [0, 0.05) is 18.5 Å². The smallest absolute Gasteiger partial charge is 0.231 e. The van der Waals surface area contributed by atoms with Crippen LogP contribution in [-0.2, 0) is 11.3 Å². The highest BCUT2D eigenvalue weighted by Gasteiger charge is 2.17. The molecule has 0 spiro atoms. The summed E-state index contributed by atoms with van der Waals surface area (Å²) in [5, 5.41) is 5.90. The van der Waals surface area contributed by atoms with E-state index in [9.17, 15) is 4.79 Å². The van der Waals surface area contributed by atoms with Crippen LogP contribution in [0.15, 0.2) is 18.2 Å². The van der Waals surface area contributed by atoms with Crippen LogP contribution < -0.4 is 20.1 Å². The van der Waals surface area contributed by atoms with Gasteiger partial charge in [0.05, 0.1) is 0 Å². The Morgan fingerprint density at radius 2 is 2.28 bits per heavy atom. The highest BCUT2D eigenvalue weighted by atomic mass is 16.7. The second-order valence-corrected chi connectivity index (χ2v) is 4.13. The van der Waals surface area contributed by atoms with Gasteiger partial charge in [0.25, 0.3) is 0 Å². The quantitative estimate of drug-likeness (QED) is 0.740. The standard InChI is InChI=1S/C13H18N2O3/c1-14-7-3-6-12(16)15-8-10-4-2-5-11-13(10)18-9-17-11/h2,4-5,14H,3,6-9H2,1H3,(H,15,16). The molecular weight excluding hydrogens is 232 g/mol. The van der Waals surface area contributed by atoms with Gasteiger partial charge in [-0.1, -0.05) is 12.1 Å². The van der Waals surface area contributed by atoms with Gasteiger partial charge >= 0.3 is 0 Å². The summed E-state index contributed by atoms with van der Waals surface area (Å²) in [5.41, 5.74) is 0.951. The Hall–Kier alpha value is -1.75. The van der Waals surface area contributed by atoms with Crippen molar-refractivity contribution in [3.05, 3.63) is 23.8 Å². The molecule has 0 saturated carbocycles. The summed E-state index contributed by atoms with van der Waals surface area (Å²) < 4.78 is 10.7. The lowest BCUT2D eigenvalue weighted by Crippen LogP contribution is -2.23. The van der Waals surface area contributed by atoms with Crippen molar-refractivity contribution in [3.8, 4) is 11.5 Å². The summed E-state index contributed by atoms with van der Waals surface area (Å²) in [6.45, 7) is 1.58. The number of nitrogens with one attached hydrogen (secondary N) is 2. The van der Waals surface area contributed by atoms with Crippen LogP contribution in [-0.4, -0.2) is 26.3 Å². The van der Waals surface area contributed by atoms with Crippen molar-refractivity contribution in [3.63, 3.8) is 0 Å². The molecule has 1 aliphatic heterocycles. The topological polar surface area (TPSA) is 59.6 Å². The first-order valence-corrected chi connectivity index (χ1v) is 6.10. The fourth-order valence-corrected chi connectivity index (χ4v) is 1.84. The van der Waals surface area contributed by atoms with E-state index < -0.39 is 0 Å². The number of hydrogen-bond donors (Lipinski definition) is 2. The van der Waals surface area contributed by atoms with Crippen LogP contribution >= 0.6 is 0 Å². The Morgan fingerprint density at radius 3 is 3.11 bits per heavy atom. The maximum atomic E-state index is 11.6. The van der Waals surface area contributed by atoms with E-state index in [2.05, 4.69) is 10.6 Å². The van der Waals surface area contributed by atoms with Gasteiger partial charge in [-0.15, -0.1) is 0 Å². The van der Waals surface area contributed by atoms with E-state index in [-0.39, 0.29) is 12.7 Å². The fourth-order valence-electron chi connectivity index (χ4n) is 1.84. The molecule has 1 aromatic rings. The highest BCUT2D eigenvalue weighted by Crippen LogP contribution is 2.35. The van der Waals surface area contributed by atoms with Crippen LogP contribution in [0.3, 0.4) is 0 Å². The summed E-state index contributed by atoms with van der Waals surface area (Å²) in [5.74, 6) is 1.55. The van der Waals surface area contributed by atoms with E-state index in [1.807, 2.05) is 25.2 Å². The van der Waals surface area contributed by atoms with Gasteiger partial charge in [0.1, 0.15) is 0 Å². The highest BCUT2D eigenvalue weighted by molar-refractivity contribution is 5.76. The molecule has 1 heterocycles. The van der Waals surface area contributed by atoms with Crippen molar-refractivity contribution >= 4 is 5.91 Å². The lowest BCUT2D eigenvalue weighted by Gasteiger charge is -2.07. The summed E-state index contributed by atoms with van der Waals surface area (Å²) in [4.78, 5) is 11.6. The van der Waals surface area contributed by atoms with Gasteiger partial charge in [0.15, 0.2) is 11.5 Å². The van der Waals surface area contributed by atoms with Crippen LogP contribution in [0.4, 0.5) is 0 Å². The first kappa shape index (κ1) is 12.7. The molecule has 0 atom stereocenters. The van der Waals surface area contributed by atoms with E-state index in [4.69, 9.17) is 9.47 Å². The number of amides is 1. The zero-order chi connectivity index (χ0) is 12.8. The van der Waals surface area contributed by atoms with Crippen molar-refractivity contribution in [2.45, 2.75) is 19.4 Å². The van der Waals surface area contributed by atoms with Crippen molar-refractivity contribution in [1.82, 2.24) is 10.6 Å². The minimum Gasteiger partial charge on any atom is -0.454 e. The Labute approximate surface area is 106 Å². The van der Waals surface area contributed by atoms with E-state index >= 15 is 0 Å². The molecule has 2 rings (SSSR count). The molecule has 5 heteroatoms. The molecule has 0 aromatic heterocycles. The average Bonchev–Trinajstić information content (AvgIpc) is 2.85. The van der Waals surface area contributed by atoms with Crippen molar-refractivity contribution in [1.29, 1.82) is 0 Å². The molecule has 1 aliphatic rings. The van der Waals surface area contributed by atoms with Gasteiger partial charge in [-0.25, -0.2) is 0 Å². The molecule has 1 aromatic carbocycles. The molecule has 1 amide bonds. The Kier molecular flexibility index (Phi) is 4.41. The van der Waals surface area contributed by atoms with Crippen LogP contribution in [0.25, 0.3) is 0 Å². The Morgan fingerprint density at radius 1 is 1.39 bits per heavy atom. The molecular formula is C13H18N2O3. The van der Waals surface area contributed by atoms with Crippen molar-refractivity contribution < 1.29 is 14.3 Å². The molecule has 0 aliphatic carbocycles. The number of fused-ring (bicyclic) bond motifs is 1. The number of hydrogen-bond acceptors (Lipinski definition) is 4. The monoisotopic (exact) mass is 250 g/mol. The van der Waals surface area contributed by atoms with Gasteiger partial charge in [-0.05, 0) is 26.1 Å². The lowest BCUT2D eigenvalue weighted by molar-refractivity contribution is -0.121. The second-order valence-electron chi connectivity index (χ2n) is 4.13. The molecule has 0 radical (unpaired) electrons. The number of rotatable bonds is 6. The van der Waals surface area contributed by atoms with Gasteiger partial charge in [-0.2, -0.15) is 0 Å². The summed E-state index contributed by atoms with van der Waals surface area (Å²) in [6, 6.07) is 5.69. The summed E-state index contributed by atoms with van der Waals surface area (Å²) in [6.07, 6.45) is 1.38. The van der Waals surface area contributed by atoms with Crippen molar-refractivity contribution in [2.24, 2.45) is 0 Å². The van der Waals surface area contributed by atoms with Crippen molar-refractivity contribution in [2.75, 3.05) is 20.4 Å². The SMILES string of the molecule is CNCCCC(=O)NCc1cccc2c1OCO2. The number of carbonyl (C=O) groups is 1. The fraction of sp³-hybridized carbons (Fsp3) is 0.462. The number of benzene rings is 1. The van der Waals surface area contributed by atoms with Crippen LogP contribution in [0, 0.1) is 0 Å². The maximum absolute atomic E-state index is 11.6. The summed E-state index contributed by atoms with van der Waals surface area (Å²) >= 11 is 0. The third kappa shape index (κ3) is 3.13. The van der Waals surface area contributed by atoms with Crippen LogP contribution in [0.1, 0.15) is 18.4 Å². The molecule has 98 valence electrons. The third-order valence-corrected chi connectivity index (χ3v) is 2.78. The predicted octanol–water partition coefficient (Wildman–Crippen LogP) is 1.03. The normalized spacial score (nSPS) is 12.5. The molecule has 0 fully saturated rings. The molecule has 0 saturated heterocycles. The molecule has 0 bridgehead atoms. The predicted molar refractivity (Wildman–Crippen MR) is 67.6 cm³/mol. The number of ether oxygens (including phenoxy) is 2. The van der Waals surface area contributed by atoms with Gasteiger partial charge in [-0.3, -0.25) is 4.79 Å². The Balaban J connectivity index is 1.83. The zero-order valence-electron chi connectivity index (χ0n) is 10.5. The minimum atomic E-state index is 0.0572. The van der Waals surface area contributed by atoms with Gasteiger partial charge in [0.2, 0.25) is 12.7 Å². The van der Waals surface area contributed by atoms with Crippen LogP contribution in [0.2, 0.25) is 0 Å². The minimum absolute atomic E-state index is 0.0572. The Bertz CT molecular complexity index is 421. The third-order valence-electron chi connectivity index (χ3n) is 2.78. The maximum Gasteiger partial charge on any atom is 0.231 e. The van der Waals surface area contributed by atoms with E-state index in [0.717, 1.165) is 30.0 Å². The molecule has 5 nitrogen and oxygen atoms in total. The molecule has 18 heavy (non-hydrogen) atoms. The average molecular weight is 250 g/mol. The zero-order valence-corrected chi connectivity index (χ0v) is 10.5. The van der Waals surface area contributed by atoms with E-state index in [1.54, 1.807) is 0 Å². The van der Waals surface area contributed by atoms with E-state index in [0.29, 0.717) is 13.0 Å². The molecule has 0 unspecified atom stereocenters. The van der Waals surface area contributed by atoms with Crippen LogP contribution in [0.5, 0.6) is 11.5 Å².